The summed E-state index contributed by atoms with van der Waals surface area (Å²) >= 11 is 0. The maximum absolute atomic E-state index is 14.0. The van der Waals surface area contributed by atoms with E-state index in [0.29, 0.717) is 12.8 Å². The van der Waals surface area contributed by atoms with Crippen LogP contribution in [0.5, 0.6) is 0 Å². The number of aliphatic hydroxyl groups is 3. The average Bonchev–Trinajstić information content (AvgIpc) is 2.69. The fourth-order valence-electron chi connectivity index (χ4n) is 3.14. The number of esters is 1. The molecule has 9 heteroatoms. The van der Waals surface area contributed by atoms with Gasteiger partial charge in [-0.2, -0.15) is 0 Å². The Balaban J connectivity index is 2.07. The first-order valence-corrected chi connectivity index (χ1v) is 10.0. The van der Waals surface area contributed by atoms with Crippen LogP contribution >= 0.6 is 0 Å². The zero-order chi connectivity index (χ0) is 20.9. The van der Waals surface area contributed by atoms with Crippen molar-refractivity contribution in [1.29, 1.82) is 0 Å². The van der Waals surface area contributed by atoms with Crippen molar-refractivity contribution in [3.8, 4) is 0 Å². The summed E-state index contributed by atoms with van der Waals surface area (Å²) in [4.78, 5) is 22.9. The number of rotatable bonds is 13. The van der Waals surface area contributed by atoms with E-state index in [9.17, 15) is 24.2 Å². The first kappa shape index (κ1) is 24.7. The van der Waals surface area contributed by atoms with Gasteiger partial charge in [0.25, 0.3) is 0 Å². The Morgan fingerprint density at radius 3 is 2.04 bits per heavy atom. The molecule has 1 amide bonds. The molecule has 8 nitrogen and oxygen atoms in total. The van der Waals surface area contributed by atoms with E-state index in [-0.39, 0.29) is 12.4 Å². The van der Waals surface area contributed by atoms with E-state index < -0.39 is 43.2 Å². The van der Waals surface area contributed by atoms with Crippen LogP contribution in [-0.4, -0.2) is 71.6 Å². The fraction of sp³-hybridized carbons (Fsp3) is 0.895. The molecule has 0 bridgehead atoms. The second-order valence-corrected chi connectivity index (χ2v) is 7.18. The highest BCUT2D eigenvalue weighted by atomic mass is 19.1. The van der Waals surface area contributed by atoms with Crippen molar-refractivity contribution in [1.82, 2.24) is 5.32 Å². The van der Waals surface area contributed by atoms with E-state index in [2.05, 4.69) is 10.1 Å². The normalized spacial score (nSPS) is 27.4. The van der Waals surface area contributed by atoms with Crippen molar-refractivity contribution in [2.24, 2.45) is 0 Å². The lowest BCUT2D eigenvalue weighted by atomic mass is 9.99. The highest BCUT2D eigenvalue weighted by Gasteiger charge is 2.45. The van der Waals surface area contributed by atoms with Gasteiger partial charge in [-0.1, -0.05) is 38.5 Å². The molecule has 1 rings (SSSR count). The molecule has 0 spiro atoms. The Labute approximate surface area is 165 Å². The predicted molar refractivity (Wildman–Crippen MR) is 99.0 cm³/mol. The second kappa shape index (κ2) is 13.8. The molecule has 0 aromatic heterocycles. The van der Waals surface area contributed by atoms with Gasteiger partial charge >= 0.3 is 5.97 Å². The number of halogens is 1. The Kier molecular flexibility index (Phi) is 12.2. The number of amides is 1. The lowest BCUT2D eigenvalue weighted by molar-refractivity contribution is -0.219. The molecule has 0 aromatic carbocycles. The van der Waals surface area contributed by atoms with Crippen LogP contribution in [0, 0.1) is 0 Å². The average molecular weight is 407 g/mol. The molecule has 0 aromatic rings. The van der Waals surface area contributed by atoms with Gasteiger partial charge < -0.3 is 30.1 Å². The van der Waals surface area contributed by atoms with Gasteiger partial charge in [-0.05, 0) is 12.8 Å². The van der Waals surface area contributed by atoms with E-state index in [0.717, 1.165) is 44.9 Å². The first-order valence-electron chi connectivity index (χ1n) is 10.0. The summed E-state index contributed by atoms with van der Waals surface area (Å²) in [6.45, 7) is -0.583. The molecule has 1 fully saturated rings. The van der Waals surface area contributed by atoms with Crippen LogP contribution in [0.3, 0.4) is 0 Å². The van der Waals surface area contributed by atoms with Crippen LogP contribution in [0.25, 0.3) is 0 Å². The maximum Gasteiger partial charge on any atom is 0.305 e. The van der Waals surface area contributed by atoms with Gasteiger partial charge in [0.15, 0.2) is 12.4 Å². The number of carbonyl (C=O) groups excluding carboxylic acids is 2. The molecule has 0 unspecified atom stereocenters. The Bertz CT molecular complexity index is 464. The number of methoxy groups -OCH3 is 1. The minimum atomic E-state index is -1.96. The topological polar surface area (TPSA) is 125 Å². The van der Waals surface area contributed by atoms with E-state index in [1.54, 1.807) is 0 Å². The second-order valence-electron chi connectivity index (χ2n) is 7.18. The maximum atomic E-state index is 14.0. The number of hydrogen-bond acceptors (Lipinski definition) is 7. The van der Waals surface area contributed by atoms with Crippen LogP contribution in [0.4, 0.5) is 4.39 Å². The van der Waals surface area contributed by atoms with Crippen molar-refractivity contribution in [2.75, 3.05) is 13.7 Å². The van der Waals surface area contributed by atoms with Gasteiger partial charge in [0.2, 0.25) is 5.91 Å². The molecular formula is C19H34FNO7. The number of nitrogens with one attached hydrogen (secondary N) is 1. The van der Waals surface area contributed by atoms with Crippen molar-refractivity contribution in [2.45, 2.75) is 94.9 Å². The molecular weight excluding hydrogens is 373 g/mol. The van der Waals surface area contributed by atoms with Crippen molar-refractivity contribution in [3.05, 3.63) is 0 Å². The van der Waals surface area contributed by atoms with Crippen molar-refractivity contribution < 1.29 is 38.8 Å². The molecule has 0 radical (unpaired) electrons. The van der Waals surface area contributed by atoms with Gasteiger partial charge in [0, 0.05) is 12.8 Å². The Hall–Kier alpha value is -1.29. The summed E-state index contributed by atoms with van der Waals surface area (Å²) in [6.07, 6.45) is 0.517. The predicted octanol–water partition coefficient (Wildman–Crippen LogP) is 0.954. The van der Waals surface area contributed by atoms with E-state index in [4.69, 9.17) is 9.84 Å². The molecule has 28 heavy (non-hydrogen) atoms. The summed E-state index contributed by atoms with van der Waals surface area (Å²) in [5.41, 5.74) is 0. The molecule has 1 saturated heterocycles. The summed E-state index contributed by atoms with van der Waals surface area (Å²) in [5, 5.41) is 30.7. The molecule has 1 heterocycles. The van der Waals surface area contributed by atoms with Gasteiger partial charge in [0.05, 0.1) is 13.7 Å². The van der Waals surface area contributed by atoms with Crippen molar-refractivity contribution >= 4 is 11.9 Å². The Morgan fingerprint density at radius 1 is 0.964 bits per heavy atom. The van der Waals surface area contributed by atoms with E-state index in [1.165, 1.54) is 7.11 Å². The Morgan fingerprint density at radius 2 is 1.50 bits per heavy atom. The number of unbranched alkanes of at least 4 members (excludes halogenated alkanes) is 7. The molecule has 164 valence electrons. The van der Waals surface area contributed by atoms with Gasteiger partial charge in [-0.25, -0.2) is 4.39 Å². The lowest BCUT2D eigenvalue weighted by Crippen LogP contribution is -2.61. The van der Waals surface area contributed by atoms with Gasteiger partial charge in [-0.3, -0.25) is 9.59 Å². The standard InChI is InChI=1S/C19H34FNO7/c1-27-15(24)11-9-7-5-3-2-4-6-8-10-14(23)21-19-16(20)18(26)17(25)13(12-22)28-19/h13,16-19,22,25-26H,2-12H2,1H3,(H,21,23)/t13-,16-,17-,18-,19-/m1/s1. The minimum absolute atomic E-state index is 0.173. The van der Waals surface area contributed by atoms with Gasteiger partial charge in [0.1, 0.15) is 18.3 Å². The van der Waals surface area contributed by atoms with Crippen LogP contribution in [0.1, 0.15) is 64.2 Å². The van der Waals surface area contributed by atoms with Crippen LogP contribution < -0.4 is 5.32 Å². The first-order chi connectivity index (χ1) is 13.4. The molecule has 1 aliphatic rings. The molecule has 1 aliphatic heterocycles. The third kappa shape index (κ3) is 8.81. The quantitative estimate of drug-likeness (QED) is 0.265. The summed E-state index contributed by atoms with van der Waals surface area (Å²) in [5.74, 6) is -0.565. The molecule has 5 atom stereocenters. The third-order valence-corrected chi connectivity index (χ3v) is 4.91. The third-order valence-electron chi connectivity index (χ3n) is 4.91. The van der Waals surface area contributed by atoms with E-state index >= 15 is 0 Å². The van der Waals surface area contributed by atoms with Crippen molar-refractivity contribution in [3.63, 3.8) is 0 Å². The monoisotopic (exact) mass is 407 g/mol. The zero-order valence-electron chi connectivity index (χ0n) is 16.5. The molecule has 0 saturated carbocycles. The number of ether oxygens (including phenoxy) is 2. The smallest absolute Gasteiger partial charge is 0.305 e. The number of alkyl halides is 1. The summed E-state index contributed by atoms with van der Waals surface area (Å²) < 4.78 is 23.7. The lowest BCUT2D eigenvalue weighted by Gasteiger charge is -2.38. The van der Waals surface area contributed by atoms with Crippen LogP contribution in [0.2, 0.25) is 0 Å². The highest BCUT2D eigenvalue weighted by molar-refractivity contribution is 5.76. The van der Waals surface area contributed by atoms with Crippen LogP contribution in [-0.2, 0) is 19.1 Å². The largest absolute Gasteiger partial charge is 0.469 e. The fourth-order valence-corrected chi connectivity index (χ4v) is 3.14. The number of hydrogen-bond donors (Lipinski definition) is 4. The number of carbonyl (C=O) groups is 2. The minimum Gasteiger partial charge on any atom is -0.469 e. The van der Waals surface area contributed by atoms with E-state index in [1.807, 2.05) is 0 Å². The van der Waals surface area contributed by atoms with Crippen LogP contribution in [0.15, 0.2) is 0 Å². The zero-order valence-corrected chi connectivity index (χ0v) is 16.5. The number of aliphatic hydroxyl groups excluding tert-OH is 3. The van der Waals surface area contributed by atoms with Gasteiger partial charge in [-0.15, -0.1) is 0 Å². The SMILES string of the molecule is COC(=O)CCCCCCCCCCC(=O)N[C@@H]1O[C@H](CO)[C@@H](O)[C@H](O)[C@H]1F. The highest BCUT2D eigenvalue weighted by Crippen LogP contribution is 2.22. The summed E-state index contributed by atoms with van der Waals surface area (Å²) in [6, 6.07) is 0. The molecule has 0 aliphatic carbocycles. The summed E-state index contributed by atoms with van der Waals surface area (Å²) in [7, 11) is 1.39. The molecule has 4 N–H and O–H groups in total.